The van der Waals surface area contributed by atoms with Crippen LogP contribution in [0.2, 0.25) is 0 Å². The topological polar surface area (TPSA) is 199 Å². The van der Waals surface area contributed by atoms with Crippen LogP contribution in [0.5, 0.6) is 5.75 Å². The summed E-state index contributed by atoms with van der Waals surface area (Å²) in [7, 11) is -9.15. The number of phenols is 1. The Morgan fingerprint density at radius 3 is 1.65 bits per heavy atom. The third kappa shape index (κ3) is 4.26. The van der Waals surface area contributed by atoms with E-state index in [2.05, 4.69) is 0 Å². The van der Waals surface area contributed by atoms with Crippen molar-refractivity contribution >= 4 is 20.2 Å². The quantitative estimate of drug-likeness (QED) is 0.471. The van der Waals surface area contributed by atoms with Crippen molar-refractivity contribution in [3.63, 3.8) is 0 Å². The maximum Gasteiger partial charge on any atom is 0.298 e. The molecule has 9 nitrogen and oxygen atoms in total. The summed E-state index contributed by atoms with van der Waals surface area (Å²) in [4.78, 5) is -1.51. The molecule has 0 radical (unpaired) electrons. The van der Waals surface area contributed by atoms with Gasteiger partial charge in [0.2, 0.25) is 0 Å². The highest BCUT2D eigenvalue weighted by molar-refractivity contribution is 7.86. The molecule has 0 heterocycles. The van der Waals surface area contributed by atoms with Crippen molar-refractivity contribution in [3.8, 4) is 5.75 Å². The molecule has 9 N–H and O–H groups in total. The first-order valence-corrected chi connectivity index (χ1v) is 6.28. The number of phenolic OH excluding ortho intramolecular Hbond substituents is 1. The highest BCUT2D eigenvalue weighted by Gasteiger charge is 2.18. The smallest absolute Gasteiger partial charge is 0.298 e. The second-order valence-corrected chi connectivity index (χ2v) is 5.39. The number of hydrogen-bond acceptors (Lipinski definition) is 7. The van der Waals surface area contributed by atoms with Crippen LogP contribution in [0.3, 0.4) is 0 Å². The van der Waals surface area contributed by atoms with Crippen LogP contribution >= 0.6 is 0 Å². The monoisotopic (exact) mass is 288 g/mol. The second-order valence-electron chi connectivity index (χ2n) is 2.58. The van der Waals surface area contributed by atoms with Gasteiger partial charge in [-0.05, 0) is 12.1 Å². The van der Waals surface area contributed by atoms with Crippen molar-refractivity contribution in [3.05, 3.63) is 18.2 Å². The van der Waals surface area contributed by atoms with Crippen molar-refractivity contribution in [2.45, 2.75) is 9.79 Å². The van der Waals surface area contributed by atoms with E-state index in [1.54, 1.807) is 0 Å². The molecule has 11 heteroatoms. The molecule has 17 heavy (non-hydrogen) atoms. The second kappa shape index (κ2) is 5.39. The predicted molar refractivity (Wildman–Crippen MR) is 57.8 cm³/mol. The number of hydrogen-bond donors (Lipinski definition) is 5. The van der Waals surface area contributed by atoms with Crippen LogP contribution in [0.25, 0.3) is 0 Å². The summed E-state index contributed by atoms with van der Waals surface area (Å²) in [5.74, 6) is -0.965. The maximum absolute atomic E-state index is 10.6. The maximum atomic E-state index is 10.6. The lowest BCUT2D eigenvalue weighted by molar-refractivity contribution is 0.439. The minimum Gasteiger partial charge on any atom is -0.506 e. The largest absolute Gasteiger partial charge is 0.506 e. The molecule has 0 unspecified atom stereocenters. The fraction of sp³-hybridized carbons (Fsp3) is 0. The minimum absolute atomic E-state index is 0. The minimum atomic E-state index is -4.62. The molecule has 0 amide bonds. The Bertz CT molecular complexity index is 593. The van der Waals surface area contributed by atoms with Crippen LogP contribution in [-0.4, -0.2) is 31.0 Å². The van der Waals surface area contributed by atoms with E-state index in [4.69, 9.17) is 14.2 Å². The fourth-order valence-corrected chi connectivity index (χ4v) is 1.94. The highest BCUT2D eigenvalue weighted by atomic mass is 32.2. The molecule has 0 saturated carbocycles. The fourth-order valence-electron chi connectivity index (χ4n) is 0.876. The summed E-state index contributed by atoms with van der Waals surface area (Å²) in [5.41, 5.74) is 0. The summed E-state index contributed by atoms with van der Waals surface area (Å²) in [6.45, 7) is 0. The van der Waals surface area contributed by atoms with Crippen molar-refractivity contribution < 1.29 is 31.0 Å². The third-order valence-corrected chi connectivity index (χ3v) is 3.26. The zero-order chi connectivity index (χ0) is 11.9. The average molecular weight is 288 g/mol. The molecule has 0 aliphatic rings. The Morgan fingerprint density at radius 2 is 1.35 bits per heavy atom. The Labute approximate surface area is 97.8 Å². The Kier molecular flexibility index (Phi) is 5.75. The van der Waals surface area contributed by atoms with Crippen molar-refractivity contribution in [2.24, 2.45) is 0 Å². The predicted octanol–water partition coefficient (Wildman–Crippen LogP) is 0.210. The molecule has 1 aromatic carbocycles. The summed E-state index contributed by atoms with van der Waals surface area (Å²) in [6, 6.07) is 1.91. The number of aromatic hydroxyl groups is 1. The molecule has 0 atom stereocenters. The third-order valence-electron chi connectivity index (χ3n) is 1.51. The first-order valence-electron chi connectivity index (χ1n) is 3.40. The zero-order valence-electron chi connectivity index (χ0n) is 8.44. The van der Waals surface area contributed by atoms with Gasteiger partial charge in [0.05, 0.1) is 4.90 Å². The van der Waals surface area contributed by atoms with E-state index in [0.717, 1.165) is 6.07 Å². The van der Waals surface area contributed by atoms with Crippen LogP contribution in [0.15, 0.2) is 28.0 Å². The Balaban J connectivity index is 0. The van der Waals surface area contributed by atoms with Crippen LogP contribution in [0.1, 0.15) is 0 Å². The molecular weight excluding hydrogens is 276 g/mol. The van der Waals surface area contributed by atoms with Gasteiger partial charge in [0.1, 0.15) is 10.6 Å². The highest BCUT2D eigenvalue weighted by Crippen LogP contribution is 2.25. The summed E-state index contributed by atoms with van der Waals surface area (Å²) >= 11 is 0. The molecule has 0 aliphatic heterocycles. The zero-order valence-corrected chi connectivity index (χ0v) is 10.1. The van der Waals surface area contributed by atoms with Crippen molar-refractivity contribution in [1.82, 2.24) is 12.3 Å². The molecular formula is C6H12N2O7S2. The van der Waals surface area contributed by atoms with Gasteiger partial charge in [-0.3, -0.25) is 9.11 Å². The van der Waals surface area contributed by atoms with E-state index in [-0.39, 0.29) is 12.3 Å². The van der Waals surface area contributed by atoms with Gasteiger partial charge in [-0.1, -0.05) is 0 Å². The Hall–Kier alpha value is -1.24. The van der Waals surface area contributed by atoms with Gasteiger partial charge in [0, 0.05) is 6.07 Å². The van der Waals surface area contributed by atoms with Crippen molar-refractivity contribution in [1.29, 1.82) is 0 Å². The summed E-state index contributed by atoms with van der Waals surface area (Å²) in [5, 5.41) is 9.08. The van der Waals surface area contributed by atoms with E-state index < -0.39 is 35.8 Å². The SMILES string of the molecule is N.N.O=S(=O)(O)c1ccc(S(=O)(=O)O)c(O)c1. The Morgan fingerprint density at radius 1 is 0.882 bits per heavy atom. The first kappa shape index (κ1) is 18.1. The van der Waals surface area contributed by atoms with E-state index in [0.29, 0.717) is 12.1 Å². The molecule has 0 fully saturated rings. The van der Waals surface area contributed by atoms with Gasteiger partial charge in [0.15, 0.2) is 0 Å². The summed E-state index contributed by atoms with van der Waals surface area (Å²) < 4.78 is 59.5. The van der Waals surface area contributed by atoms with Gasteiger partial charge in [-0.25, -0.2) is 0 Å². The van der Waals surface area contributed by atoms with Gasteiger partial charge in [0.25, 0.3) is 20.2 Å². The van der Waals surface area contributed by atoms with Gasteiger partial charge >= 0.3 is 0 Å². The van der Waals surface area contributed by atoms with E-state index >= 15 is 0 Å². The standard InChI is InChI=1S/C6H6O7S2.2H3N/c7-5-3-4(14(8,9)10)1-2-6(5)15(11,12)13;;/h1-3,7H,(H,8,9,10)(H,11,12,13);2*1H3. The normalized spacial score (nSPS) is 11.2. The van der Waals surface area contributed by atoms with Crippen LogP contribution < -0.4 is 12.3 Å². The molecule has 0 aromatic heterocycles. The van der Waals surface area contributed by atoms with E-state index in [9.17, 15) is 16.8 Å². The summed E-state index contributed by atoms with van der Waals surface area (Å²) in [6.07, 6.45) is 0. The lowest BCUT2D eigenvalue weighted by Gasteiger charge is -2.02. The molecule has 1 rings (SSSR count). The van der Waals surface area contributed by atoms with Crippen LogP contribution in [0, 0.1) is 0 Å². The number of rotatable bonds is 2. The lowest BCUT2D eigenvalue weighted by Crippen LogP contribution is -2.02. The molecule has 0 aliphatic carbocycles. The van der Waals surface area contributed by atoms with Crippen LogP contribution in [0.4, 0.5) is 0 Å². The lowest BCUT2D eigenvalue weighted by atomic mass is 10.3. The van der Waals surface area contributed by atoms with Gasteiger partial charge in [-0.15, -0.1) is 0 Å². The molecule has 1 aromatic rings. The van der Waals surface area contributed by atoms with Gasteiger partial charge in [-0.2, -0.15) is 16.8 Å². The molecule has 0 saturated heterocycles. The molecule has 0 bridgehead atoms. The first-order chi connectivity index (χ1) is 6.62. The van der Waals surface area contributed by atoms with Crippen molar-refractivity contribution in [2.75, 3.05) is 0 Å². The van der Waals surface area contributed by atoms with E-state index in [1.165, 1.54) is 0 Å². The molecule has 0 spiro atoms. The van der Waals surface area contributed by atoms with Crippen LogP contribution in [-0.2, 0) is 20.2 Å². The molecule has 100 valence electrons. The average Bonchev–Trinajstić information content (AvgIpc) is 1.99. The number of benzene rings is 1. The van der Waals surface area contributed by atoms with Gasteiger partial charge < -0.3 is 17.4 Å². The van der Waals surface area contributed by atoms with E-state index in [1.807, 2.05) is 0 Å².